The number of aromatic nitrogens is 5. The molecule has 2 aromatic carbocycles. The zero-order chi connectivity index (χ0) is 27.5. The molecule has 0 unspecified atom stereocenters. The lowest BCUT2D eigenvalue weighted by Crippen LogP contribution is -2.18. The van der Waals surface area contributed by atoms with Crippen molar-refractivity contribution in [2.24, 2.45) is 7.05 Å². The minimum absolute atomic E-state index is 0.0367. The van der Waals surface area contributed by atoms with Crippen LogP contribution in [0.3, 0.4) is 0 Å². The van der Waals surface area contributed by atoms with Crippen LogP contribution in [-0.4, -0.2) is 43.2 Å². The molecule has 0 aliphatic carbocycles. The number of aryl methyl sites for hydroxylation is 1. The molecule has 0 saturated heterocycles. The van der Waals surface area contributed by atoms with Crippen molar-refractivity contribution in [2.45, 2.75) is 13.3 Å². The van der Waals surface area contributed by atoms with Gasteiger partial charge in [0, 0.05) is 30.4 Å². The number of carbonyl (C=O) groups excluding carboxylic acids is 2. The molecule has 10 nitrogen and oxygen atoms in total. The maximum Gasteiger partial charge on any atom is 0.338 e. The van der Waals surface area contributed by atoms with Crippen LogP contribution in [0.1, 0.15) is 22.8 Å². The molecule has 5 rings (SSSR count). The summed E-state index contributed by atoms with van der Waals surface area (Å²) < 4.78 is 6.65. The third-order valence-electron chi connectivity index (χ3n) is 5.90. The van der Waals surface area contributed by atoms with Crippen molar-refractivity contribution < 1.29 is 14.3 Å². The lowest BCUT2D eigenvalue weighted by molar-refractivity contribution is -0.115. The highest BCUT2D eigenvalue weighted by Crippen LogP contribution is 2.35. The van der Waals surface area contributed by atoms with Gasteiger partial charge < -0.3 is 15.8 Å². The van der Waals surface area contributed by atoms with Gasteiger partial charge in [-0.15, -0.1) is 0 Å². The van der Waals surface area contributed by atoms with Gasteiger partial charge >= 0.3 is 5.97 Å². The van der Waals surface area contributed by atoms with E-state index in [0.29, 0.717) is 44.3 Å². The van der Waals surface area contributed by atoms with Gasteiger partial charge in [-0.2, -0.15) is 5.10 Å². The number of rotatable bonds is 7. The average Bonchev–Trinajstić information content (AvgIpc) is 3.36. The molecule has 0 aliphatic rings. The molecule has 5 aromatic rings. The molecular weight excluding hydrogens is 518 g/mol. The highest BCUT2D eigenvalue weighted by molar-refractivity contribution is 6.35. The van der Waals surface area contributed by atoms with Gasteiger partial charge in [0.05, 0.1) is 29.1 Å². The fourth-order valence-corrected chi connectivity index (χ4v) is 4.36. The molecule has 0 saturated carbocycles. The average molecular weight is 542 g/mol. The summed E-state index contributed by atoms with van der Waals surface area (Å²) in [5, 5.41) is 8.50. The predicted molar refractivity (Wildman–Crippen MR) is 149 cm³/mol. The quantitative estimate of drug-likeness (QED) is 0.283. The first kappa shape index (κ1) is 25.8. The summed E-state index contributed by atoms with van der Waals surface area (Å²) in [6, 6.07) is 15.8. The first-order valence-corrected chi connectivity index (χ1v) is 12.5. The molecule has 0 aliphatic heterocycles. The molecule has 0 radical (unpaired) electrons. The summed E-state index contributed by atoms with van der Waals surface area (Å²) in [4.78, 5) is 38.4. The van der Waals surface area contributed by atoms with Crippen LogP contribution in [0, 0.1) is 0 Å². The van der Waals surface area contributed by atoms with E-state index in [1.54, 1.807) is 67.4 Å². The van der Waals surface area contributed by atoms with Crippen LogP contribution < -0.4 is 11.1 Å². The molecule has 3 heterocycles. The van der Waals surface area contributed by atoms with Crippen LogP contribution in [0.5, 0.6) is 0 Å². The first-order chi connectivity index (χ1) is 18.8. The Morgan fingerprint density at radius 1 is 1.08 bits per heavy atom. The second-order valence-electron chi connectivity index (χ2n) is 8.70. The van der Waals surface area contributed by atoms with E-state index < -0.39 is 5.97 Å². The zero-order valence-corrected chi connectivity index (χ0v) is 21.9. The maximum absolute atomic E-state index is 12.9. The number of hydrogen-bond donors (Lipinski definition) is 2. The summed E-state index contributed by atoms with van der Waals surface area (Å²) in [6.45, 7) is 2.03. The fourth-order valence-electron chi connectivity index (χ4n) is 4.08. The topological polar surface area (TPSA) is 138 Å². The Kier molecular flexibility index (Phi) is 7.20. The Hall–Kier alpha value is -4.83. The van der Waals surface area contributed by atoms with Crippen molar-refractivity contribution in [3.05, 3.63) is 83.1 Å². The number of nitrogens with one attached hydrogen (secondary N) is 1. The van der Waals surface area contributed by atoms with Crippen LogP contribution in [-0.2, 0) is 23.0 Å². The molecule has 11 heteroatoms. The highest BCUT2D eigenvalue weighted by atomic mass is 35.5. The Bertz CT molecular complexity index is 1700. The maximum atomic E-state index is 12.9. The van der Waals surface area contributed by atoms with Crippen molar-refractivity contribution >= 4 is 46.0 Å². The lowest BCUT2D eigenvalue weighted by atomic mass is 10.0. The number of amides is 1. The molecular formula is C28H24ClN7O3. The normalized spacial score (nSPS) is 10.9. The second kappa shape index (κ2) is 10.9. The van der Waals surface area contributed by atoms with Crippen molar-refractivity contribution in [3.63, 3.8) is 0 Å². The third-order valence-corrected chi connectivity index (χ3v) is 6.19. The number of halogens is 1. The number of carbonyl (C=O) groups is 2. The molecule has 3 N–H and O–H groups in total. The lowest BCUT2D eigenvalue weighted by Gasteiger charge is -2.13. The number of nitrogens with two attached hydrogens (primary N) is 1. The van der Waals surface area contributed by atoms with Gasteiger partial charge in [0.25, 0.3) is 0 Å². The van der Waals surface area contributed by atoms with Crippen LogP contribution in [0.2, 0.25) is 5.02 Å². The van der Waals surface area contributed by atoms with E-state index >= 15 is 0 Å². The number of hydrogen-bond acceptors (Lipinski definition) is 8. The van der Waals surface area contributed by atoms with Gasteiger partial charge in [-0.3, -0.25) is 14.5 Å². The summed E-state index contributed by atoms with van der Waals surface area (Å²) in [7, 11) is 1.80. The van der Waals surface area contributed by atoms with Gasteiger partial charge in [-0.1, -0.05) is 29.8 Å². The van der Waals surface area contributed by atoms with Gasteiger partial charge in [0.15, 0.2) is 11.6 Å². The van der Waals surface area contributed by atoms with E-state index in [9.17, 15) is 9.59 Å². The monoisotopic (exact) mass is 541 g/mol. The molecule has 39 heavy (non-hydrogen) atoms. The number of pyridine rings is 1. The standard InChI is InChI=1S/C28H24ClN7O3/c1-3-39-28(38)17-8-6-16(7-9-17)13-22(37)32-27-26(30)33-25(21-10-12-36(2)35-21)24(34-27)19-14-18-5-4-11-31-23(18)20(29)15-19/h4-12,14-15H,3,13H2,1-2H3,(H2,30,33)(H,32,34,37). The van der Waals surface area contributed by atoms with Crippen molar-refractivity contribution in [1.82, 2.24) is 24.7 Å². The van der Waals surface area contributed by atoms with Crippen LogP contribution in [0.15, 0.2) is 67.0 Å². The van der Waals surface area contributed by atoms with Gasteiger partial charge in [-0.05, 0) is 48.9 Å². The molecule has 0 atom stereocenters. The van der Waals surface area contributed by atoms with Gasteiger partial charge in [-0.25, -0.2) is 14.8 Å². The molecule has 3 aromatic heterocycles. The summed E-state index contributed by atoms with van der Waals surface area (Å²) >= 11 is 6.55. The Morgan fingerprint density at radius 3 is 2.59 bits per heavy atom. The highest BCUT2D eigenvalue weighted by Gasteiger charge is 2.20. The van der Waals surface area contributed by atoms with Crippen molar-refractivity contribution in [1.29, 1.82) is 0 Å². The van der Waals surface area contributed by atoms with E-state index in [2.05, 4.69) is 20.4 Å². The summed E-state index contributed by atoms with van der Waals surface area (Å²) in [5.41, 5.74) is 10.1. The zero-order valence-electron chi connectivity index (χ0n) is 21.2. The Labute approximate surface area is 228 Å². The molecule has 0 bridgehead atoms. The van der Waals surface area contributed by atoms with E-state index in [4.69, 9.17) is 27.1 Å². The summed E-state index contributed by atoms with van der Waals surface area (Å²) in [5.74, 6) is -0.613. The Morgan fingerprint density at radius 2 is 1.87 bits per heavy atom. The van der Waals surface area contributed by atoms with Crippen LogP contribution in [0.4, 0.5) is 11.6 Å². The molecule has 1 amide bonds. The predicted octanol–water partition coefficient (Wildman–Crippen LogP) is 4.69. The smallest absolute Gasteiger partial charge is 0.338 e. The number of benzene rings is 2. The number of nitrogens with zero attached hydrogens (tertiary/aromatic N) is 5. The van der Waals surface area contributed by atoms with E-state index in [1.807, 2.05) is 18.2 Å². The van der Waals surface area contributed by atoms with Crippen molar-refractivity contribution in [2.75, 3.05) is 17.7 Å². The molecule has 0 spiro atoms. The van der Waals surface area contributed by atoms with E-state index in [-0.39, 0.29) is 30.6 Å². The Balaban J connectivity index is 1.48. The van der Waals surface area contributed by atoms with Crippen molar-refractivity contribution in [3.8, 4) is 22.6 Å². The fraction of sp³-hybridized carbons (Fsp3) is 0.143. The second-order valence-corrected chi connectivity index (χ2v) is 9.11. The van der Waals surface area contributed by atoms with Crippen LogP contribution >= 0.6 is 11.6 Å². The first-order valence-electron chi connectivity index (χ1n) is 12.1. The van der Waals surface area contributed by atoms with Gasteiger partial charge in [0.2, 0.25) is 5.91 Å². The van der Waals surface area contributed by atoms with E-state index in [0.717, 1.165) is 5.39 Å². The van der Waals surface area contributed by atoms with E-state index in [1.165, 1.54) is 0 Å². The molecule has 196 valence electrons. The summed E-state index contributed by atoms with van der Waals surface area (Å²) in [6.07, 6.45) is 3.50. The minimum atomic E-state index is -0.415. The number of nitrogen functional groups attached to an aromatic ring is 1. The van der Waals surface area contributed by atoms with Crippen LogP contribution in [0.25, 0.3) is 33.5 Å². The molecule has 0 fully saturated rings. The number of anilines is 2. The number of ether oxygens (including phenoxy) is 1. The van der Waals surface area contributed by atoms with Gasteiger partial charge in [0.1, 0.15) is 17.1 Å². The third kappa shape index (κ3) is 5.55. The minimum Gasteiger partial charge on any atom is -0.462 e. The largest absolute Gasteiger partial charge is 0.462 e. The SMILES string of the molecule is CCOC(=O)c1ccc(CC(=O)Nc2nc(-c3cc(Cl)c4ncccc4c3)c(-c3ccn(C)n3)nc2N)cc1. The number of fused-ring (bicyclic) bond motifs is 1. The number of esters is 1.